The third-order valence-corrected chi connectivity index (χ3v) is 5.97. The smallest absolute Gasteiger partial charge is 0.0909 e. The van der Waals surface area contributed by atoms with Crippen LogP contribution in [0.15, 0.2) is 42.9 Å². The van der Waals surface area contributed by atoms with Gasteiger partial charge in [-0.1, -0.05) is 0 Å². The SMILES string of the molecule is CO[C@H]1C[C@](CC#N)(n2cc(-c3nc(-c4cc(CO)n[nH]4)cc4ncccc34)cn2)C1. The van der Waals surface area contributed by atoms with Crippen molar-refractivity contribution in [1.82, 2.24) is 29.9 Å². The molecule has 156 valence electrons. The molecule has 4 aromatic heterocycles. The molecule has 1 aliphatic carbocycles. The van der Waals surface area contributed by atoms with Crippen LogP contribution in [0.4, 0.5) is 0 Å². The maximum Gasteiger partial charge on any atom is 0.0909 e. The first-order valence-electron chi connectivity index (χ1n) is 10.0. The fourth-order valence-electron chi connectivity index (χ4n) is 4.23. The molecule has 0 atom stereocenters. The lowest BCUT2D eigenvalue weighted by Crippen LogP contribution is -2.50. The highest BCUT2D eigenvalue weighted by Crippen LogP contribution is 2.44. The molecule has 0 radical (unpaired) electrons. The van der Waals surface area contributed by atoms with Gasteiger partial charge in [0.1, 0.15) is 0 Å². The van der Waals surface area contributed by atoms with Crippen LogP contribution in [0.2, 0.25) is 0 Å². The number of aromatic amines is 1. The number of H-pyrrole nitrogens is 1. The van der Waals surface area contributed by atoms with E-state index >= 15 is 0 Å². The number of aromatic nitrogens is 6. The Balaban J connectivity index is 1.60. The van der Waals surface area contributed by atoms with E-state index in [-0.39, 0.29) is 18.2 Å². The Morgan fingerprint density at radius 1 is 1.39 bits per heavy atom. The zero-order chi connectivity index (χ0) is 21.4. The van der Waals surface area contributed by atoms with Crippen LogP contribution in [0.5, 0.6) is 0 Å². The van der Waals surface area contributed by atoms with Crippen LogP contribution >= 0.6 is 0 Å². The highest BCUT2D eigenvalue weighted by molar-refractivity contribution is 5.94. The Bertz CT molecular complexity index is 1280. The number of fused-ring (bicyclic) bond motifs is 1. The fraction of sp³-hybridized carbons (Fsp3) is 0.318. The summed E-state index contributed by atoms with van der Waals surface area (Å²) < 4.78 is 7.32. The van der Waals surface area contributed by atoms with E-state index in [1.165, 1.54) is 0 Å². The van der Waals surface area contributed by atoms with Crippen LogP contribution in [0.1, 0.15) is 25.0 Å². The first-order valence-corrected chi connectivity index (χ1v) is 10.0. The van der Waals surface area contributed by atoms with Gasteiger partial charge in [-0.2, -0.15) is 15.5 Å². The number of ether oxygens (including phenoxy) is 1. The van der Waals surface area contributed by atoms with Crippen LogP contribution in [0, 0.1) is 11.3 Å². The van der Waals surface area contributed by atoms with Gasteiger partial charge in [0.2, 0.25) is 0 Å². The van der Waals surface area contributed by atoms with Gasteiger partial charge in [0.05, 0.1) is 65.2 Å². The molecule has 9 heteroatoms. The number of hydrogen-bond donors (Lipinski definition) is 2. The lowest BCUT2D eigenvalue weighted by molar-refractivity contribution is -0.0542. The highest BCUT2D eigenvalue weighted by Gasteiger charge is 2.47. The zero-order valence-corrected chi connectivity index (χ0v) is 17.0. The second-order valence-corrected chi connectivity index (χ2v) is 7.86. The van der Waals surface area contributed by atoms with E-state index in [0.717, 1.165) is 35.0 Å². The Kier molecular flexibility index (Phi) is 4.73. The van der Waals surface area contributed by atoms with Crippen molar-refractivity contribution in [3.05, 3.63) is 48.5 Å². The lowest BCUT2D eigenvalue weighted by Gasteiger charge is -2.45. The number of aliphatic hydroxyl groups is 1. The van der Waals surface area contributed by atoms with Crippen molar-refractivity contribution in [2.24, 2.45) is 0 Å². The molecule has 1 fully saturated rings. The monoisotopic (exact) mass is 415 g/mol. The Hall–Kier alpha value is -3.61. The molecule has 31 heavy (non-hydrogen) atoms. The largest absolute Gasteiger partial charge is 0.390 e. The van der Waals surface area contributed by atoms with Crippen molar-refractivity contribution in [1.29, 1.82) is 5.26 Å². The number of pyridine rings is 2. The van der Waals surface area contributed by atoms with Gasteiger partial charge in [-0.25, -0.2) is 4.98 Å². The predicted molar refractivity (Wildman–Crippen MR) is 112 cm³/mol. The van der Waals surface area contributed by atoms with Crippen LogP contribution in [-0.2, 0) is 16.9 Å². The maximum absolute atomic E-state index is 9.36. The summed E-state index contributed by atoms with van der Waals surface area (Å²) in [5.74, 6) is 0. The molecule has 0 saturated heterocycles. The van der Waals surface area contributed by atoms with E-state index in [1.54, 1.807) is 25.6 Å². The number of methoxy groups -OCH3 is 1. The summed E-state index contributed by atoms with van der Waals surface area (Å²) in [6.45, 7) is -0.147. The van der Waals surface area contributed by atoms with Crippen molar-refractivity contribution >= 4 is 10.9 Å². The number of rotatable bonds is 6. The van der Waals surface area contributed by atoms with Gasteiger partial charge in [-0.3, -0.25) is 14.8 Å². The van der Waals surface area contributed by atoms with Crippen LogP contribution < -0.4 is 0 Å². The minimum atomic E-state index is -0.348. The maximum atomic E-state index is 9.36. The third-order valence-electron chi connectivity index (χ3n) is 5.97. The lowest BCUT2D eigenvalue weighted by atomic mass is 9.72. The summed E-state index contributed by atoms with van der Waals surface area (Å²) in [4.78, 5) is 9.37. The van der Waals surface area contributed by atoms with Gasteiger partial charge in [0.25, 0.3) is 0 Å². The molecule has 4 heterocycles. The van der Waals surface area contributed by atoms with Gasteiger partial charge < -0.3 is 9.84 Å². The standard InChI is InChI=1S/C22H21N7O2/c1-31-16-9-22(10-16,4-5-23)29-12-14(11-25-29)21-17-3-2-6-24-18(17)8-19(26-21)20-7-15(13-30)27-28-20/h2-3,6-8,11-12,16,30H,4,9-10,13H2,1H3,(H,27,28)/t16-,22-. The normalized spacial score (nSPS) is 20.5. The molecule has 0 unspecified atom stereocenters. The summed E-state index contributed by atoms with van der Waals surface area (Å²) in [5.41, 5.74) is 3.97. The Morgan fingerprint density at radius 2 is 2.26 bits per heavy atom. The molecule has 9 nitrogen and oxygen atoms in total. The second-order valence-electron chi connectivity index (χ2n) is 7.86. The molecular weight excluding hydrogens is 394 g/mol. The number of nitrogens with zero attached hydrogens (tertiary/aromatic N) is 6. The molecule has 0 aromatic carbocycles. The fourth-order valence-corrected chi connectivity index (χ4v) is 4.23. The summed E-state index contributed by atoms with van der Waals surface area (Å²) in [5, 5.41) is 31.2. The summed E-state index contributed by atoms with van der Waals surface area (Å²) in [7, 11) is 1.70. The number of hydrogen-bond acceptors (Lipinski definition) is 7. The van der Waals surface area contributed by atoms with Gasteiger partial charge in [0, 0.05) is 30.5 Å². The summed E-state index contributed by atoms with van der Waals surface area (Å²) in [6, 6.07) is 9.82. The van der Waals surface area contributed by atoms with Crippen LogP contribution in [0.3, 0.4) is 0 Å². The molecule has 5 rings (SSSR count). The van der Waals surface area contributed by atoms with E-state index < -0.39 is 0 Å². The van der Waals surface area contributed by atoms with Crippen LogP contribution in [0.25, 0.3) is 33.5 Å². The van der Waals surface area contributed by atoms with Gasteiger partial charge in [0.15, 0.2) is 0 Å². The minimum Gasteiger partial charge on any atom is -0.390 e. The summed E-state index contributed by atoms with van der Waals surface area (Å²) in [6.07, 6.45) is 7.51. The quantitative estimate of drug-likeness (QED) is 0.496. The van der Waals surface area contributed by atoms with Crippen molar-refractivity contribution in [2.75, 3.05) is 7.11 Å². The van der Waals surface area contributed by atoms with Crippen LogP contribution in [-0.4, -0.2) is 48.3 Å². The molecule has 0 spiro atoms. The molecule has 1 aliphatic rings. The minimum absolute atomic E-state index is 0.147. The molecule has 0 bridgehead atoms. The topological polar surface area (TPSA) is 126 Å². The molecular formula is C22H21N7O2. The van der Waals surface area contributed by atoms with Crippen molar-refractivity contribution in [2.45, 2.75) is 37.5 Å². The Labute approximate surface area is 178 Å². The first kappa shape index (κ1) is 19.4. The van der Waals surface area contributed by atoms with Crippen molar-refractivity contribution in [3.63, 3.8) is 0 Å². The van der Waals surface area contributed by atoms with Crippen molar-refractivity contribution < 1.29 is 9.84 Å². The van der Waals surface area contributed by atoms with E-state index in [1.807, 2.05) is 29.1 Å². The highest BCUT2D eigenvalue weighted by atomic mass is 16.5. The molecule has 4 aromatic rings. The van der Waals surface area contributed by atoms with Crippen molar-refractivity contribution in [3.8, 4) is 28.7 Å². The van der Waals surface area contributed by atoms with E-state index in [9.17, 15) is 10.4 Å². The van der Waals surface area contributed by atoms with Gasteiger partial charge in [-0.15, -0.1) is 0 Å². The zero-order valence-electron chi connectivity index (χ0n) is 17.0. The van der Waals surface area contributed by atoms with Gasteiger partial charge >= 0.3 is 0 Å². The molecule has 1 saturated carbocycles. The van der Waals surface area contributed by atoms with E-state index in [0.29, 0.717) is 23.5 Å². The predicted octanol–water partition coefficient (Wildman–Crippen LogP) is 2.79. The van der Waals surface area contributed by atoms with E-state index in [4.69, 9.17) is 9.72 Å². The first-order chi connectivity index (χ1) is 15.2. The number of nitriles is 1. The second kappa shape index (κ2) is 7.58. The number of aliphatic hydroxyl groups excluding tert-OH is 1. The average Bonchev–Trinajstić information content (AvgIpc) is 3.45. The molecule has 2 N–H and O–H groups in total. The molecule has 0 amide bonds. The Morgan fingerprint density at radius 3 is 3.00 bits per heavy atom. The van der Waals surface area contributed by atoms with Gasteiger partial charge in [-0.05, 0) is 37.1 Å². The van der Waals surface area contributed by atoms with E-state index in [2.05, 4.69) is 26.3 Å². The average molecular weight is 415 g/mol. The molecule has 0 aliphatic heterocycles. The third kappa shape index (κ3) is 3.26. The summed E-state index contributed by atoms with van der Waals surface area (Å²) >= 11 is 0. The number of nitrogens with one attached hydrogen (secondary N) is 1.